The molecule has 0 aliphatic carbocycles. The van der Waals surface area contributed by atoms with Gasteiger partial charge in [-0.2, -0.15) is 5.06 Å². The van der Waals surface area contributed by atoms with E-state index < -0.39 is 0 Å². The first-order chi connectivity index (χ1) is 6.78. The van der Waals surface area contributed by atoms with Crippen molar-refractivity contribution in [1.29, 1.82) is 0 Å². The zero-order chi connectivity index (χ0) is 10.8. The highest BCUT2D eigenvalue weighted by molar-refractivity contribution is 7.93. The fraction of sp³-hybridized carbons (Fsp3) is 1.00. The summed E-state index contributed by atoms with van der Waals surface area (Å²) in [7, 11) is 0. The Kier molecular flexibility index (Phi) is 9.87. The van der Waals surface area contributed by atoms with Crippen LogP contribution in [0.3, 0.4) is 0 Å². The molecule has 0 aliphatic rings. The number of rotatable bonds is 9. The van der Waals surface area contributed by atoms with Crippen molar-refractivity contribution in [3.05, 3.63) is 0 Å². The molecular weight excluding hydrogens is 200 g/mol. The average Bonchev–Trinajstić information content (AvgIpc) is 2.23. The monoisotopic (exact) mass is 222 g/mol. The van der Waals surface area contributed by atoms with Crippen LogP contribution in [0, 0.1) is 0 Å². The van der Waals surface area contributed by atoms with E-state index in [4.69, 9.17) is 9.32 Å². The van der Waals surface area contributed by atoms with Crippen LogP contribution in [0.25, 0.3) is 0 Å². The minimum Gasteiger partial charge on any atom is -0.303 e. The highest BCUT2D eigenvalue weighted by Gasteiger charge is 2.06. The van der Waals surface area contributed by atoms with Gasteiger partial charge in [-0.15, -0.1) is 9.32 Å². The highest BCUT2D eigenvalue weighted by atomic mass is 32.2. The smallest absolute Gasteiger partial charge is 0.0398 e. The van der Waals surface area contributed by atoms with Crippen molar-refractivity contribution in [3.63, 3.8) is 0 Å². The van der Waals surface area contributed by atoms with Crippen LogP contribution in [0.4, 0.5) is 0 Å². The molecule has 0 heterocycles. The predicted molar refractivity (Wildman–Crippen MR) is 60.7 cm³/mol. The summed E-state index contributed by atoms with van der Waals surface area (Å²) < 4.78 is 4.81. The fourth-order valence-corrected chi connectivity index (χ4v) is 1.26. The SMILES string of the molecule is CCN(CC)CCN(CC)OOSC. The molecule has 0 aromatic carbocycles. The van der Waals surface area contributed by atoms with Crippen molar-refractivity contribution in [2.45, 2.75) is 20.8 Å². The third kappa shape index (κ3) is 6.62. The average molecular weight is 222 g/mol. The van der Waals surface area contributed by atoms with E-state index in [9.17, 15) is 0 Å². The van der Waals surface area contributed by atoms with Crippen molar-refractivity contribution in [2.24, 2.45) is 0 Å². The molecule has 86 valence electrons. The lowest BCUT2D eigenvalue weighted by atomic mass is 10.4. The summed E-state index contributed by atoms with van der Waals surface area (Å²) in [6.45, 7) is 11.3. The van der Waals surface area contributed by atoms with Crippen molar-refractivity contribution < 1.29 is 9.32 Å². The minimum absolute atomic E-state index is 0.835. The molecule has 0 saturated heterocycles. The number of nitrogens with zero attached hydrogens (tertiary/aromatic N) is 2. The third-order valence-corrected chi connectivity index (χ3v) is 2.31. The fourth-order valence-electron chi connectivity index (χ4n) is 1.11. The van der Waals surface area contributed by atoms with Crippen LogP contribution in [0.15, 0.2) is 0 Å². The first-order valence-corrected chi connectivity index (χ1v) is 6.28. The Hall–Kier alpha value is 0.190. The van der Waals surface area contributed by atoms with E-state index in [1.165, 1.54) is 12.0 Å². The van der Waals surface area contributed by atoms with E-state index in [1.807, 2.05) is 18.2 Å². The number of hydroxylamine groups is 2. The van der Waals surface area contributed by atoms with E-state index in [2.05, 4.69) is 18.7 Å². The molecule has 0 aliphatic heterocycles. The first kappa shape index (κ1) is 14.2. The van der Waals surface area contributed by atoms with Gasteiger partial charge in [0.1, 0.15) is 0 Å². The van der Waals surface area contributed by atoms with Gasteiger partial charge in [-0.25, -0.2) is 0 Å². The molecule has 0 fully saturated rings. The number of hydrogen-bond acceptors (Lipinski definition) is 5. The van der Waals surface area contributed by atoms with Gasteiger partial charge in [0.25, 0.3) is 0 Å². The van der Waals surface area contributed by atoms with E-state index in [1.54, 1.807) is 0 Å². The largest absolute Gasteiger partial charge is 0.303 e. The van der Waals surface area contributed by atoms with E-state index >= 15 is 0 Å². The molecule has 0 N–H and O–H groups in total. The van der Waals surface area contributed by atoms with E-state index in [0.29, 0.717) is 0 Å². The van der Waals surface area contributed by atoms with Crippen molar-refractivity contribution in [2.75, 3.05) is 39.0 Å². The van der Waals surface area contributed by atoms with Crippen LogP contribution < -0.4 is 0 Å². The summed E-state index contributed by atoms with van der Waals surface area (Å²) in [5.41, 5.74) is 0. The van der Waals surface area contributed by atoms with Crippen LogP contribution in [0.2, 0.25) is 0 Å². The second-order valence-electron chi connectivity index (χ2n) is 2.86. The summed E-state index contributed by atoms with van der Waals surface area (Å²) in [4.78, 5) is 7.40. The summed E-state index contributed by atoms with van der Waals surface area (Å²) in [6, 6.07) is 0. The molecule has 14 heavy (non-hydrogen) atoms. The third-order valence-electron chi connectivity index (χ3n) is 2.12. The molecule has 5 heteroatoms. The molecule has 0 aromatic heterocycles. The van der Waals surface area contributed by atoms with Gasteiger partial charge in [0.2, 0.25) is 0 Å². The topological polar surface area (TPSA) is 24.9 Å². The molecule has 4 nitrogen and oxygen atoms in total. The second kappa shape index (κ2) is 9.73. The van der Waals surface area contributed by atoms with Gasteiger partial charge in [0.05, 0.1) is 0 Å². The Morgan fingerprint density at radius 1 is 1.00 bits per heavy atom. The van der Waals surface area contributed by atoms with Crippen LogP contribution in [0.1, 0.15) is 20.8 Å². The maximum Gasteiger partial charge on any atom is 0.0398 e. The van der Waals surface area contributed by atoms with Crippen LogP contribution in [-0.4, -0.2) is 48.9 Å². The van der Waals surface area contributed by atoms with Gasteiger partial charge in [-0.05, 0) is 20.0 Å². The molecule has 0 atom stereocenters. The van der Waals surface area contributed by atoms with Crippen LogP contribution in [0.5, 0.6) is 0 Å². The zero-order valence-corrected chi connectivity index (χ0v) is 10.5. The Morgan fingerprint density at radius 3 is 2.07 bits per heavy atom. The predicted octanol–water partition coefficient (Wildman–Crippen LogP) is 1.79. The van der Waals surface area contributed by atoms with Crippen molar-refractivity contribution in [3.8, 4) is 0 Å². The van der Waals surface area contributed by atoms with Crippen molar-refractivity contribution in [1.82, 2.24) is 9.96 Å². The van der Waals surface area contributed by atoms with Gasteiger partial charge in [-0.1, -0.05) is 13.8 Å². The zero-order valence-electron chi connectivity index (χ0n) is 9.65. The summed E-state index contributed by atoms with van der Waals surface area (Å²) in [6.07, 6.45) is 1.83. The molecule has 0 radical (unpaired) electrons. The van der Waals surface area contributed by atoms with Crippen LogP contribution in [-0.2, 0) is 9.32 Å². The highest BCUT2D eigenvalue weighted by Crippen LogP contribution is 2.00. The lowest BCUT2D eigenvalue weighted by molar-refractivity contribution is -0.358. The molecule has 0 aromatic rings. The first-order valence-electron chi connectivity index (χ1n) is 5.13. The van der Waals surface area contributed by atoms with Gasteiger partial charge >= 0.3 is 0 Å². The molecule has 0 rings (SSSR count). The number of likely N-dealkylation sites (N-methyl/N-ethyl adjacent to an activating group) is 2. The Morgan fingerprint density at radius 2 is 1.64 bits per heavy atom. The maximum absolute atomic E-state index is 5.05. The minimum atomic E-state index is 0.835. The quantitative estimate of drug-likeness (QED) is 0.336. The van der Waals surface area contributed by atoms with Gasteiger partial charge < -0.3 is 4.90 Å². The van der Waals surface area contributed by atoms with Crippen LogP contribution >= 0.6 is 12.0 Å². The summed E-state index contributed by atoms with van der Waals surface area (Å²) >= 11 is 1.21. The lowest BCUT2D eigenvalue weighted by Gasteiger charge is -2.22. The molecule has 0 unspecified atom stereocenters. The van der Waals surface area contributed by atoms with Gasteiger partial charge in [-0.3, -0.25) is 0 Å². The molecule has 0 bridgehead atoms. The van der Waals surface area contributed by atoms with Gasteiger partial charge in [0.15, 0.2) is 0 Å². The maximum atomic E-state index is 5.05. The molecule has 0 spiro atoms. The summed E-state index contributed by atoms with van der Waals surface area (Å²) in [5.74, 6) is 0. The number of hydrogen-bond donors (Lipinski definition) is 0. The lowest BCUT2D eigenvalue weighted by Crippen LogP contribution is -2.34. The standard InChI is InChI=1S/C9H22N2O2S/c1-5-10(6-2)8-9-11(7-3)12-13-14-4/h5-9H2,1-4H3. The van der Waals surface area contributed by atoms with Gasteiger partial charge in [0, 0.05) is 37.9 Å². The molecule has 0 amide bonds. The second-order valence-corrected chi connectivity index (χ2v) is 3.33. The van der Waals surface area contributed by atoms with E-state index in [-0.39, 0.29) is 0 Å². The van der Waals surface area contributed by atoms with E-state index in [0.717, 1.165) is 32.7 Å². The molecular formula is C9H22N2O2S. The Bertz CT molecular complexity index is 123. The Balaban J connectivity index is 3.59. The molecule has 0 saturated carbocycles. The summed E-state index contributed by atoms with van der Waals surface area (Å²) in [5, 5.41) is 1.81. The van der Waals surface area contributed by atoms with Crippen molar-refractivity contribution >= 4 is 12.0 Å². The normalized spacial score (nSPS) is 11.6. The Labute approximate surface area is 91.6 Å².